The van der Waals surface area contributed by atoms with Crippen molar-refractivity contribution in [3.05, 3.63) is 29.3 Å². The van der Waals surface area contributed by atoms with Gasteiger partial charge in [-0.3, -0.25) is 0 Å². The molecule has 0 bridgehead atoms. The average Bonchev–Trinajstić information content (AvgIpc) is 2.64. The van der Waals surface area contributed by atoms with Crippen LogP contribution in [0.25, 0.3) is 0 Å². The molecule has 1 fully saturated rings. The van der Waals surface area contributed by atoms with Crippen LogP contribution in [0, 0.1) is 13.8 Å². The van der Waals surface area contributed by atoms with Crippen LogP contribution in [0.2, 0.25) is 0 Å². The summed E-state index contributed by atoms with van der Waals surface area (Å²) in [6, 6.07) is 6.28. The first kappa shape index (κ1) is 9.49. The highest BCUT2D eigenvalue weighted by molar-refractivity contribution is 5.52. The summed E-state index contributed by atoms with van der Waals surface area (Å²) >= 11 is 0. The fraction of sp³-hybridized carbons (Fsp3) is 0.455. The molecule has 2 rings (SSSR count). The average molecular weight is 193 g/mol. The molecule has 0 aromatic heterocycles. The molecule has 3 heteroatoms. The van der Waals surface area contributed by atoms with Crippen LogP contribution in [-0.4, -0.2) is 19.6 Å². The van der Waals surface area contributed by atoms with Crippen LogP contribution in [0.4, 0.5) is 5.69 Å². The van der Waals surface area contributed by atoms with Gasteiger partial charge >= 0.3 is 0 Å². The van der Waals surface area contributed by atoms with Crippen LogP contribution in [0.3, 0.4) is 0 Å². The highest BCUT2D eigenvalue weighted by atomic mass is 16.7. The van der Waals surface area contributed by atoms with E-state index in [0.717, 1.165) is 5.69 Å². The van der Waals surface area contributed by atoms with Gasteiger partial charge < -0.3 is 14.8 Å². The van der Waals surface area contributed by atoms with E-state index in [4.69, 9.17) is 9.47 Å². The van der Waals surface area contributed by atoms with Gasteiger partial charge in [-0.15, -0.1) is 0 Å². The Morgan fingerprint density at radius 1 is 1.21 bits per heavy atom. The molecule has 1 aliphatic heterocycles. The van der Waals surface area contributed by atoms with Crippen molar-refractivity contribution in [3.63, 3.8) is 0 Å². The van der Waals surface area contributed by atoms with E-state index in [1.165, 1.54) is 11.1 Å². The van der Waals surface area contributed by atoms with E-state index in [0.29, 0.717) is 13.2 Å². The molecular formula is C11H15NO2. The summed E-state index contributed by atoms with van der Waals surface area (Å²) in [7, 11) is 0. The molecule has 1 N–H and O–H groups in total. The predicted octanol–water partition coefficient (Wildman–Crippen LogP) is 2.05. The Labute approximate surface area is 84.0 Å². The molecule has 0 atom stereocenters. The van der Waals surface area contributed by atoms with E-state index in [1.54, 1.807) is 0 Å². The minimum Gasteiger partial charge on any atom is -0.337 e. The van der Waals surface area contributed by atoms with Gasteiger partial charge in [0.2, 0.25) is 6.41 Å². The third-order valence-electron chi connectivity index (χ3n) is 2.29. The maximum Gasteiger partial charge on any atom is 0.238 e. The third kappa shape index (κ3) is 2.05. The van der Waals surface area contributed by atoms with Gasteiger partial charge in [0, 0.05) is 5.69 Å². The number of anilines is 1. The third-order valence-corrected chi connectivity index (χ3v) is 2.29. The summed E-state index contributed by atoms with van der Waals surface area (Å²) in [5, 5.41) is 3.21. The number of hydrogen-bond acceptors (Lipinski definition) is 3. The van der Waals surface area contributed by atoms with Gasteiger partial charge in [0.05, 0.1) is 13.2 Å². The Bertz CT molecular complexity index is 319. The first-order chi connectivity index (χ1) is 6.75. The predicted molar refractivity (Wildman–Crippen MR) is 55.2 cm³/mol. The molecule has 0 amide bonds. The Morgan fingerprint density at radius 3 is 2.64 bits per heavy atom. The zero-order chi connectivity index (χ0) is 9.97. The van der Waals surface area contributed by atoms with Crippen molar-refractivity contribution in [2.24, 2.45) is 0 Å². The molecule has 76 valence electrons. The van der Waals surface area contributed by atoms with Crippen LogP contribution in [0.15, 0.2) is 18.2 Å². The van der Waals surface area contributed by atoms with Crippen molar-refractivity contribution in [3.8, 4) is 0 Å². The molecule has 1 aliphatic rings. The molecule has 1 heterocycles. The lowest BCUT2D eigenvalue weighted by Crippen LogP contribution is -2.20. The fourth-order valence-corrected chi connectivity index (χ4v) is 1.46. The molecule has 14 heavy (non-hydrogen) atoms. The maximum absolute atomic E-state index is 5.32. The van der Waals surface area contributed by atoms with E-state index >= 15 is 0 Å². The molecule has 0 spiro atoms. The van der Waals surface area contributed by atoms with Gasteiger partial charge in [-0.1, -0.05) is 12.1 Å². The highest BCUT2D eigenvalue weighted by Gasteiger charge is 2.15. The number of ether oxygens (including phenoxy) is 2. The van der Waals surface area contributed by atoms with Gasteiger partial charge in [-0.2, -0.15) is 0 Å². The van der Waals surface area contributed by atoms with Crippen molar-refractivity contribution >= 4 is 5.69 Å². The molecule has 1 aromatic carbocycles. The summed E-state index contributed by atoms with van der Waals surface area (Å²) in [4.78, 5) is 0. The van der Waals surface area contributed by atoms with Gasteiger partial charge in [0.25, 0.3) is 0 Å². The Balaban J connectivity index is 2.10. The molecule has 0 saturated carbocycles. The van der Waals surface area contributed by atoms with E-state index in [-0.39, 0.29) is 6.41 Å². The maximum atomic E-state index is 5.32. The Morgan fingerprint density at radius 2 is 1.93 bits per heavy atom. The van der Waals surface area contributed by atoms with E-state index < -0.39 is 0 Å². The lowest BCUT2D eigenvalue weighted by Gasteiger charge is -2.15. The van der Waals surface area contributed by atoms with E-state index in [9.17, 15) is 0 Å². The van der Waals surface area contributed by atoms with Crippen molar-refractivity contribution in [2.75, 3.05) is 18.5 Å². The van der Waals surface area contributed by atoms with E-state index in [2.05, 4.69) is 37.4 Å². The van der Waals surface area contributed by atoms with Crippen LogP contribution in [-0.2, 0) is 9.47 Å². The van der Waals surface area contributed by atoms with Crippen LogP contribution >= 0.6 is 0 Å². The van der Waals surface area contributed by atoms with Crippen LogP contribution in [0.5, 0.6) is 0 Å². The quantitative estimate of drug-likeness (QED) is 0.779. The second kappa shape index (κ2) is 3.98. The standard InChI is InChI=1S/C11H15NO2/c1-8-3-4-9(2)10(7-8)12-11-13-5-6-14-11/h3-4,7,11-12H,5-6H2,1-2H3. The number of hydrogen-bond donors (Lipinski definition) is 1. The number of nitrogens with one attached hydrogen (secondary N) is 1. The monoisotopic (exact) mass is 193 g/mol. The fourth-order valence-electron chi connectivity index (χ4n) is 1.46. The van der Waals surface area contributed by atoms with Gasteiger partial charge in [-0.05, 0) is 31.0 Å². The highest BCUT2D eigenvalue weighted by Crippen LogP contribution is 2.18. The number of aryl methyl sites for hydroxylation is 2. The lowest BCUT2D eigenvalue weighted by molar-refractivity contribution is -0.0177. The molecular weight excluding hydrogens is 178 g/mol. The summed E-state index contributed by atoms with van der Waals surface area (Å²) in [6.07, 6.45) is -0.282. The summed E-state index contributed by atoms with van der Waals surface area (Å²) in [5.41, 5.74) is 3.52. The lowest BCUT2D eigenvalue weighted by atomic mass is 10.1. The van der Waals surface area contributed by atoms with Crippen molar-refractivity contribution in [1.29, 1.82) is 0 Å². The summed E-state index contributed by atoms with van der Waals surface area (Å²) in [6.45, 7) is 5.47. The van der Waals surface area contributed by atoms with Gasteiger partial charge in [0.1, 0.15) is 0 Å². The summed E-state index contributed by atoms with van der Waals surface area (Å²) < 4.78 is 10.6. The number of benzene rings is 1. The smallest absolute Gasteiger partial charge is 0.238 e. The van der Waals surface area contributed by atoms with Gasteiger partial charge in [0.15, 0.2) is 0 Å². The Kier molecular flexibility index (Phi) is 2.70. The van der Waals surface area contributed by atoms with Crippen molar-refractivity contribution in [1.82, 2.24) is 0 Å². The minimum atomic E-state index is -0.282. The molecule has 0 unspecified atom stereocenters. The molecule has 0 aliphatic carbocycles. The van der Waals surface area contributed by atoms with E-state index in [1.807, 2.05) is 0 Å². The minimum absolute atomic E-state index is 0.282. The molecule has 1 saturated heterocycles. The summed E-state index contributed by atoms with van der Waals surface area (Å²) in [5.74, 6) is 0. The largest absolute Gasteiger partial charge is 0.337 e. The normalized spacial score (nSPS) is 17.3. The van der Waals surface area contributed by atoms with Crippen LogP contribution in [0.1, 0.15) is 11.1 Å². The second-order valence-electron chi connectivity index (χ2n) is 3.54. The van der Waals surface area contributed by atoms with Crippen LogP contribution < -0.4 is 5.32 Å². The first-order valence-corrected chi connectivity index (χ1v) is 4.83. The zero-order valence-electron chi connectivity index (χ0n) is 8.54. The van der Waals surface area contributed by atoms with Crippen molar-refractivity contribution < 1.29 is 9.47 Å². The van der Waals surface area contributed by atoms with Gasteiger partial charge in [-0.25, -0.2) is 0 Å². The SMILES string of the molecule is Cc1ccc(C)c(NC2OCCO2)c1. The molecule has 0 radical (unpaired) electrons. The Hall–Kier alpha value is -1.06. The van der Waals surface area contributed by atoms with Crippen molar-refractivity contribution in [2.45, 2.75) is 20.3 Å². The first-order valence-electron chi connectivity index (χ1n) is 4.83. The zero-order valence-corrected chi connectivity index (χ0v) is 8.54. The second-order valence-corrected chi connectivity index (χ2v) is 3.54. The molecule has 3 nitrogen and oxygen atoms in total. The molecule has 1 aromatic rings. The topological polar surface area (TPSA) is 30.5 Å². The number of rotatable bonds is 2.